The van der Waals surface area contributed by atoms with E-state index >= 15 is 0 Å². The molecular formula is C29H25N3O2S2. The van der Waals surface area contributed by atoms with Crippen LogP contribution in [0.3, 0.4) is 0 Å². The second-order valence-electron chi connectivity index (χ2n) is 8.34. The molecule has 1 N–H and O–H groups in total. The molecule has 0 fully saturated rings. The third kappa shape index (κ3) is 4.85. The number of amides is 1. The van der Waals surface area contributed by atoms with Gasteiger partial charge in [0, 0.05) is 16.1 Å². The SMILES string of the molecule is CCc1ccc(NC(=O)CSc2nc3sc(C)c(-c4ccccc4)c3c(=O)n2-c2ccccc2)cc1. The van der Waals surface area contributed by atoms with Crippen LogP contribution >= 0.6 is 23.1 Å². The Kier molecular flexibility index (Phi) is 7.02. The van der Waals surface area contributed by atoms with Crippen LogP contribution in [-0.2, 0) is 11.2 Å². The molecule has 0 aliphatic rings. The number of anilines is 1. The van der Waals surface area contributed by atoms with E-state index in [1.54, 1.807) is 4.57 Å². The van der Waals surface area contributed by atoms with Gasteiger partial charge in [-0.05, 0) is 48.7 Å². The van der Waals surface area contributed by atoms with E-state index in [2.05, 4.69) is 12.2 Å². The maximum atomic E-state index is 14.0. The largest absolute Gasteiger partial charge is 0.325 e. The van der Waals surface area contributed by atoms with Crippen molar-refractivity contribution in [1.82, 2.24) is 9.55 Å². The maximum absolute atomic E-state index is 14.0. The molecule has 2 aromatic heterocycles. The lowest BCUT2D eigenvalue weighted by atomic mass is 10.0. The van der Waals surface area contributed by atoms with Gasteiger partial charge in [0.2, 0.25) is 5.91 Å². The number of benzene rings is 3. The molecule has 0 saturated carbocycles. The topological polar surface area (TPSA) is 64.0 Å². The minimum atomic E-state index is -0.148. The Morgan fingerprint density at radius 2 is 1.64 bits per heavy atom. The van der Waals surface area contributed by atoms with E-state index in [4.69, 9.17) is 4.98 Å². The number of thioether (sulfide) groups is 1. The van der Waals surface area contributed by atoms with Gasteiger partial charge in [0.1, 0.15) is 4.83 Å². The smallest absolute Gasteiger partial charge is 0.268 e. The Balaban J connectivity index is 1.53. The molecule has 5 rings (SSSR count). The Hall–Kier alpha value is -3.68. The van der Waals surface area contributed by atoms with E-state index in [0.29, 0.717) is 15.4 Å². The van der Waals surface area contributed by atoms with Crippen molar-refractivity contribution in [2.75, 3.05) is 11.1 Å². The van der Waals surface area contributed by atoms with E-state index in [1.807, 2.05) is 91.9 Å². The fourth-order valence-corrected chi connectivity index (χ4v) is 6.05. The third-order valence-electron chi connectivity index (χ3n) is 5.93. The summed E-state index contributed by atoms with van der Waals surface area (Å²) in [4.78, 5) is 33.3. The molecule has 1 amide bonds. The minimum Gasteiger partial charge on any atom is -0.325 e. The number of carbonyl (C=O) groups excluding carboxylic acids is 1. The highest BCUT2D eigenvalue weighted by Crippen LogP contribution is 2.37. The van der Waals surface area contributed by atoms with E-state index in [1.165, 1.54) is 28.7 Å². The van der Waals surface area contributed by atoms with Gasteiger partial charge in [0.15, 0.2) is 5.16 Å². The van der Waals surface area contributed by atoms with E-state index in [-0.39, 0.29) is 17.2 Å². The molecule has 180 valence electrons. The minimum absolute atomic E-state index is 0.132. The molecule has 0 unspecified atom stereocenters. The zero-order chi connectivity index (χ0) is 25.1. The average Bonchev–Trinajstić information content (AvgIpc) is 3.25. The molecule has 36 heavy (non-hydrogen) atoms. The van der Waals surface area contributed by atoms with Crippen LogP contribution in [0.1, 0.15) is 17.4 Å². The van der Waals surface area contributed by atoms with Crippen molar-refractivity contribution >= 4 is 44.9 Å². The molecule has 5 nitrogen and oxygen atoms in total. The first-order valence-corrected chi connectivity index (χ1v) is 13.5. The number of thiophene rings is 1. The van der Waals surface area contributed by atoms with Crippen LogP contribution in [0.4, 0.5) is 5.69 Å². The van der Waals surface area contributed by atoms with Gasteiger partial charge in [0.05, 0.1) is 16.8 Å². The number of fused-ring (bicyclic) bond motifs is 1. The zero-order valence-electron chi connectivity index (χ0n) is 20.0. The van der Waals surface area contributed by atoms with Gasteiger partial charge < -0.3 is 5.32 Å². The van der Waals surface area contributed by atoms with Gasteiger partial charge >= 0.3 is 0 Å². The summed E-state index contributed by atoms with van der Waals surface area (Å²) in [5.74, 6) is -0.0125. The molecule has 0 aliphatic carbocycles. The Labute approximate surface area is 217 Å². The number of nitrogens with one attached hydrogen (secondary N) is 1. The van der Waals surface area contributed by atoms with Crippen LogP contribution in [0, 0.1) is 6.92 Å². The number of rotatable bonds is 7. The van der Waals surface area contributed by atoms with Crippen LogP contribution in [-0.4, -0.2) is 21.2 Å². The van der Waals surface area contributed by atoms with E-state index < -0.39 is 0 Å². The van der Waals surface area contributed by atoms with Crippen molar-refractivity contribution < 1.29 is 4.79 Å². The first-order chi connectivity index (χ1) is 17.5. The Morgan fingerprint density at radius 1 is 0.972 bits per heavy atom. The zero-order valence-corrected chi connectivity index (χ0v) is 21.7. The van der Waals surface area contributed by atoms with Crippen LogP contribution in [0.25, 0.3) is 27.0 Å². The number of aromatic nitrogens is 2. The summed E-state index contributed by atoms with van der Waals surface area (Å²) in [6.07, 6.45) is 0.948. The number of para-hydroxylation sites is 1. The maximum Gasteiger partial charge on any atom is 0.268 e. The Morgan fingerprint density at radius 3 is 2.31 bits per heavy atom. The summed E-state index contributed by atoms with van der Waals surface area (Å²) < 4.78 is 1.62. The monoisotopic (exact) mass is 511 g/mol. The van der Waals surface area contributed by atoms with Crippen molar-refractivity contribution in [2.45, 2.75) is 25.4 Å². The third-order valence-corrected chi connectivity index (χ3v) is 7.86. The standard InChI is InChI=1S/C29H25N3O2S2/c1-3-20-14-16-22(17-15-20)30-24(33)18-35-29-31-27-26(28(34)32(29)23-12-8-5-9-13-23)25(19(2)36-27)21-10-6-4-7-11-21/h4-17H,3,18H2,1-2H3,(H,30,33). The quantitative estimate of drug-likeness (QED) is 0.195. The second kappa shape index (κ2) is 10.5. The molecule has 5 aromatic rings. The van der Waals surface area contributed by atoms with Gasteiger partial charge in [-0.2, -0.15) is 0 Å². The van der Waals surface area contributed by atoms with Gasteiger partial charge in [0.25, 0.3) is 5.56 Å². The lowest BCUT2D eigenvalue weighted by Gasteiger charge is -2.13. The van der Waals surface area contributed by atoms with Gasteiger partial charge in [-0.25, -0.2) is 4.98 Å². The summed E-state index contributed by atoms with van der Waals surface area (Å²) in [6, 6.07) is 27.2. The highest BCUT2D eigenvalue weighted by molar-refractivity contribution is 7.99. The van der Waals surface area contributed by atoms with Crippen molar-refractivity contribution in [3.63, 3.8) is 0 Å². The van der Waals surface area contributed by atoms with Crippen molar-refractivity contribution in [2.24, 2.45) is 0 Å². The van der Waals surface area contributed by atoms with Crippen LogP contribution in [0.5, 0.6) is 0 Å². The number of hydrogen-bond donors (Lipinski definition) is 1. The molecule has 0 radical (unpaired) electrons. The van der Waals surface area contributed by atoms with E-state index in [9.17, 15) is 9.59 Å². The van der Waals surface area contributed by atoms with Crippen molar-refractivity contribution in [1.29, 1.82) is 0 Å². The number of aryl methyl sites for hydroxylation is 2. The predicted molar refractivity (Wildman–Crippen MR) is 151 cm³/mol. The molecular weight excluding hydrogens is 486 g/mol. The molecule has 7 heteroatoms. The molecule has 0 spiro atoms. The molecule has 3 aromatic carbocycles. The molecule has 0 aliphatic heterocycles. The first kappa shape index (κ1) is 24.0. The number of carbonyl (C=O) groups is 1. The van der Waals surface area contributed by atoms with Crippen LogP contribution in [0.15, 0.2) is 94.9 Å². The molecule has 0 atom stereocenters. The fourth-order valence-electron chi connectivity index (χ4n) is 4.15. The molecule has 0 bridgehead atoms. The summed E-state index contributed by atoms with van der Waals surface area (Å²) >= 11 is 2.77. The predicted octanol–water partition coefficient (Wildman–Crippen LogP) is 6.72. The highest BCUT2D eigenvalue weighted by Gasteiger charge is 2.21. The van der Waals surface area contributed by atoms with Gasteiger partial charge in [-0.3, -0.25) is 14.2 Å². The van der Waals surface area contributed by atoms with Crippen molar-refractivity contribution in [3.05, 3.63) is 106 Å². The normalized spacial score (nSPS) is 11.1. The summed E-state index contributed by atoms with van der Waals surface area (Å²) in [5.41, 5.74) is 4.47. The fraction of sp³-hybridized carbons (Fsp3) is 0.138. The summed E-state index contributed by atoms with van der Waals surface area (Å²) in [6.45, 7) is 4.11. The molecule has 2 heterocycles. The Bertz CT molecular complexity index is 1570. The number of nitrogens with zero attached hydrogens (tertiary/aromatic N) is 2. The van der Waals surface area contributed by atoms with Crippen LogP contribution in [0.2, 0.25) is 0 Å². The second-order valence-corrected chi connectivity index (χ2v) is 10.5. The van der Waals surface area contributed by atoms with Crippen molar-refractivity contribution in [3.8, 4) is 16.8 Å². The summed E-state index contributed by atoms with van der Waals surface area (Å²) in [5, 5.41) is 4.04. The molecule has 0 saturated heterocycles. The summed E-state index contributed by atoms with van der Waals surface area (Å²) in [7, 11) is 0. The number of hydrogen-bond acceptors (Lipinski definition) is 5. The van der Waals surface area contributed by atoms with E-state index in [0.717, 1.165) is 33.8 Å². The van der Waals surface area contributed by atoms with Gasteiger partial charge in [-0.1, -0.05) is 79.3 Å². The first-order valence-electron chi connectivity index (χ1n) is 11.7. The lowest BCUT2D eigenvalue weighted by Crippen LogP contribution is -2.22. The van der Waals surface area contributed by atoms with Gasteiger partial charge in [-0.15, -0.1) is 11.3 Å². The average molecular weight is 512 g/mol. The van der Waals surface area contributed by atoms with Crippen LogP contribution < -0.4 is 10.9 Å². The highest BCUT2D eigenvalue weighted by atomic mass is 32.2. The lowest BCUT2D eigenvalue weighted by molar-refractivity contribution is -0.113.